The molecule has 0 aromatic carbocycles. The standard InChI is InChI=1S/C14H23BrN2S/c1-3-11(2)13-10-17(8-4-7-16-13)9-12-5-6-14(15)18-12/h5-6,11,13,16H,3-4,7-10H2,1-2H3. The molecule has 0 saturated carbocycles. The molecule has 2 atom stereocenters. The number of rotatable bonds is 4. The average molecular weight is 331 g/mol. The molecule has 4 heteroatoms. The molecule has 2 unspecified atom stereocenters. The second kappa shape index (κ2) is 7.04. The Bertz CT molecular complexity index is 366. The SMILES string of the molecule is CCC(C)C1CN(Cc2ccc(Br)s2)CCCN1. The van der Waals surface area contributed by atoms with E-state index in [2.05, 4.69) is 52.1 Å². The molecule has 18 heavy (non-hydrogen) atoms. The monoisotopic (exact) mass is 330 g/mol. The normalized spacial score (nSPS) is 23.8. The predicted molar refractivity (Wildman–Crippen MR) is 83.2 cm³/mol. The van der Waals surface area contributed by atoms with Crippen LogP contribution < -0.4 is 5.32 Å². The van der Waals surface area contributed by atoms with E-state index in [9.17, 15) is 0 Å². The lowest BCUT2D eigenvalue weighted by Gasteiger charge is -2.27. The molecule has 0 amide bonds. The first-order valence-electron chi connectivity index (χ1n) is 6.89. The van der Waals surface area contributed by atoms with E-state index in [4.69, 9.17) is 0 Å². The van der Waals surface area contributed by atoms with Gasteiger partial charge in [-0.2, -0.15) is 0 Å². The molecule has 2 nitrogen and oxygen atoms in total. The minimum absolute atomic E-state index is 0.654. The van der Waals surface area contributed by atoms with Crippen molar-refractivity contribution in [3.63, 3.8) is 0 Å². The minimum atomic E-state index is 0.654. The highest BCUT2D eigenvalue weighted by molar-refractivity contribution is 9.11. The fraction of sp³-hybridized carbons (Fsp3) is 0.714. The Hall–Kier alpha value is 0.1000. The molecule has 1 aliphatic rings. The Kier molecular flexibility index (Phi) is 5.67. The van der Waals surface area contributed by atoms with Crippen molar-refractivity contribution in [2.24, 2.45) is 5.92 Å². The van der Waals surface area contributed by atoms with Crippen molar-refractivity contribution in [3.05, 3.63) is 20.8 Å². The van der Waals surface area contributed by atoms with Crippen molar-refractivity contribution >= 4 is 27.3 Å². The van der Waals surface area contributed by atoms with Crippen LogP contribution in [-0.2, 0) is 6.54 Å². The summed E-state index contributed by atoms with van der Waals surface area (Å²) in [5, 5.41) is 3.71. The lowest BCUT2D eigenvalue weighted by atomic mass is 9.99. The summed E-state index contributed by atoms with van der Waals surface area (Å²) in [5.41, 5.74) is 0. The van der Waals surface area contributed by atoms with E-state index in [0.29, 0.717) is 6.04 Å². The Labute approximate surface area is 123 Å². The molecule has 1 saturated heterocycles. The van der Waals surface area contributed by atoms with Crippen LogP contribution in [0.1, 0.15) is 31.6 Å². The smallest absolute Gasteiger partial charge is 0.0701 e. The van der Waals surface area contributed by atoms with Crippen LogP contribution in [0.15, 0.2) is 15.9 Å². The van der Waals surface area contributed by atoms with E-state index in [1.807, 2.05) is 11.3 Å². The van der Waals surface area contributed by atoms with Crippen LogP contribution in [-0.4, -0.2) is 30.6 Å². The second-order valence-electron chi connectivity index (χ2n) is 5.24. The van der Waals surface area contributed by atoms with Crippen LogP contribution in [0.3, 0.4) is 0 Å². The summed E-state index contributed by atoms with van der Waals surface area (Å²) in [7, 11) is 0. The number of hydrogen-bond acceptors (Lipinski definition) is 3. The van der Waals surface area contributed by atoms with E-state index < -0.39 is 0 Å². The number of hydrogen-bond donors (Lipinski definition) is 1. The maximum Gasteiger partial charge on any atom is 0.0701 e. The van der Waals surface area contributed by atoms with E-state index in [1.54, 1.807) is 0 Å². The second-order valence-corrected chi connectivity index (χ2v) is 7.79. The first kappa shape index (κ1) is 14.5. The van der Waals surface area contributed by atoms with Gasteiger partial charge in [0.05, 0.1) is 3.79 Å². The first-order valence-corrected chi connectivity index (χ1v) is 8.50. The Balaban J connectivity index is 1.94. The summed E-state index contributed by atoms with van der Waals surface area (Å²) in [6.07, 6.45) is 2.52. The molecule has 102 valence electrons. The third-order valence-corrected chi connectivity index (χ3v) is 5.46. The molecule has 1 fully saturated rings. The van der Waals surface area contributed by atoms with Crippen molar-refractivity contribution < 1.29 is 0 Å². The summed E-state index contributed by atoms with van der Waals surface area (Å²) in [4.78, 5) is 4.07. The zero-order valence-corrected chi connectivity index (χ0v) is 13.7. The van der Waals surface area contributed by atoms with Gasteiger partial charge in [-0.25, -0.2) is 0 Å². The summed E-state index contributed by atoms with van der Waals surface area (Å²) < 4.78 is 1.24. The van der Waals surface area contributed by atoms with Crippen LogP contribution in [0.25, 0.3) is 0 Å². The highest BCUT2D eigenvalue weighted by Gasteiger charge is 2.21. The quantitative estimate of drug-likeness (QED) is 0.905. The maximum absolute atomic E-state index is 3.71. The highest BCUT2D eigenvalue weighted by atomic mass is 79.9. The van der Waals surface area contributed by atoms with Gasteiger partial charge in [0.25, 0.3) is 0 Å². The molecule has 1 aliphatic heterocycles. The van der Waals surface area contributed by atoms with Crippen molar-refractivity contribution in [2.45, 2.75) is 39.3 Å². The largest absolute Gasteiger partial charge is 0.312 e. The van der Waals surface area contributed by atoms with Gasteiger partial charge in [0.1, 0.15) is 0 Å². The molecule has 0 aliphatic carbocycles. The molecule has 0 spiro atoms. The van der Waals surface area contributed by atoms with Gasteiger partial charge in [-0.1, -0.05) is 20.3 Å². The predicted octanol–water partition coefficient (Wildman–Crippen LogP) is 3.72. The van der Waals surface area contributed by atoms with Crippen molar-refractivity contribution in [1.82, 2.24) is 10.2 Å². The fourth-order valence-electron chi connectivity index (χ4n) is 2.49. The van der Waals surface area contributed by atoms with Gasteiger partial charge in [-0.05, 0) is 53.5 Å². The molecule has 1 aromatic rings. The lowest BCUT2D eigenvalue weighted by molar-refractivity contribution is 0.233. The van der Waals surface area contributed by atoms with Crippen LogP contribution in [0.4, 0.5) is 0 Å². The molecular weight excluding hydrogens is 308 g/mol. The average Bonchev–Trinajstić information content (AvgIpc) is 2.64. The Morgan fingerprint density at radius 3 is 3.06 bits per heavy atom. The van der Waals surface area contributed by atoms with Gasteiger partial charge < -0.3 is 5.32 Å². The molecule has 0 radical (unpaired) electrons. The van der Waals surface area contributed by atoms with E-state index in [-0.39, 0.29) is 0 Å². The van der Waals surface area contributed by atoms with Crippen molar-refractivity contribution in [1.29, 1.82) is 0 Å². The summed E-state index contributed by atoms with van der Waals surface area (Å²) in [6, 6.07) is 5.05. The lowest BCUT2D eigenvalue weighted by Crippen LogP contribution is -2.41. The number of thiophene rings is 1. The highest BCUT2D eigenvalue weighted by Crippen LogP contribution is 2.24. The van der Waals surface area contributed by atoms with Crippen LogP contribution >= 0.6 is 27.3 Å². The van der Waals surface area contributed by atoms with Crippen LogP contribution in [0, 0.1) is 5.92 Å². The molecule has 0 bridgehead atoms. The molecule has 1 aromatic heterocycles. The Morgan fingerprint density at radius 2 is 2.39 bits per heavy atom. The van der Waals surface area contributed by atoms with Crippen LogP contribution in [0.2, 0.25) is 0 Å². The fourth-order valence-corrected chi connectivity index (χ4v) is 4.02. The van der Waals surface area contributed by atoms with Gasteiger partial charge in [0.2, 0.25) is 0 Å². The minimum Gasteiger partial charge on any atom is -0.312 e. The van der Waals surface area contributed by atoms with E-state index in [0.717, 1.165) is 12.5 Å². The number of halogens is 1. The maximum atomic E-state index is 3.71. The van der Waals surface area contributed by atoms with Gasteiger partial charge in [-0.3, -0.25) is 4.90 Å². The van der Waals surface area contributed by atoms with Gasteiger partial charge in [0.15, 0.2) is 0 Å². The zero-order chi connectivity index (χ0) is 13.0. The molecule has 1 N–H and O–H groups in total. The molecule has 2 rings (SSSR count). The molecule has 2 heterocycles. The van der Waals surface area contributed by atoms with Crippen LogP contribution in [0.5, 0.6) is 0 Å². The first-order chi connectivity index (χ1) is 8.69. The third kappa shape index (κ3) is 4.05. The van der Waals surface area contributed by atoms with E-state index >= 15 is 0 Å². The summed E-state index contributed by atoms with van der Waals surface area (Å²) in [6.45, 7) is 9.32. The summed E-state index contributed by atoms with van der Waals surface area (Å²) in [5.74, 6) is 0.765. The Morgan fingerprint density at radius 1 is 1.56 bits per heavy atom. The van der Waals surface area contributed by atoms with Crippen molar-refractivity contribution in [2.75, 3.05) is 19.6 Å². The van der Waals surface area contributed by atoms with Gasteiger partial charge in [0, 0.05) is 24.0 Å². The van der Waals surface area contributed by atoms with Gasteiger partial charge in [-0.15, -0.1) is 11.3 Å². The molecular formula is C14H23BrN2S. The third-order valence-electron chi connectivity index (χ3n) is 3.85. The van der Waals surface area contributed by atoms with Crippen molar-refractivity contribution in [3.8, 4) is 0 Å². The number of nitrogens with zero attached hydrogens (tertiary/aromatic N) is 1. The van der Waals surface area contributed by atoms with Gasteiger partial charge >= 0.3 is 0 Å². The summed E-state index contributed by atoms with van der Waals surface area (Å²) >= 11 is 5.40. The zero-order valence-electron chi connectivity index (χ0n) is 11.3. The number of nitrogens with one attached hydrogen (secondary N) is 1. The van der Waals surface area contributed by atoms with E-state index in [1.165, 1.54) is 41.1 Å². The topological polar surface area (TPSA) is 15.3 Å².